The van der Waals surface area contributed by atoms with E-state index < -0.39 is 0 Å². The number of rotatable bonds is 4. The Morgan fingerprint density at radius 2 is 2.09 bits per heavy atom. The van der Waals surface area contributed by atoms with Gasteiger partial charge in [-0.2, -0.15) is 5.10 Å². The molecule has 2 aromatic rings. The van der Waals surface area contributed by atoms with Crippen LogP contribution in [-0.2, 0) is 6.54 Å². The van der Waals surface area contributed by atoms with Crippen LogP contribution in [0.25, 0.3) is 0 Å². The number of nitrogens with zero attached hydrogens (tertiary/aromatic N) is 2. The monoisotopic (exact) mass is 380 g/mol. The predicted octanol–water partition coefficient (Wildman–Crippen LogP) is 4.01. The molecule has 0 aliphatic heterocycles. The van der Waals surface area contributed by atoms with Crippen molar-refractivity contribution in [3.63, 3.8) is 0 Å². The van der Waals surface area contributed by atoms with Crippen molar-refractivity contribution in [1.29, 1.82) is 0 Å². The minimum Gasteiger partial charge on any atom is -0.360 e. The van der Waals surface area contributed by atoms with Crippen LogP contribution in [0, 0.1) is 13.8 Å². The van der Waals surface area contributed by atoms with Gasteiger partial charge in [-0.3, -0.25) is 4.68 Å². The molecule has 0 spiro atoms. The fraction of sp³-hybridized carbons (Fsp3) is 0.375. The van der Waals surface area contributed by atoms with Gasteiger partial charge in [0.2, 0.25) is 0 Å². The summed E-state index contributed by atoms with van der Waals surface area (Å²) < 4.78 is 3.08. The van der Waals surface area contributed by atoms with Crippen molar-refractivity contribution in [2.24, 2.45) is 0 Å². The summed E-state index contributed by atoms with van der Waals surface area (Å²) in [6, 6.07) is 8.54. The van der Waals surface area contributed by atoms with Gasteiger partial charge in [-0.05, 0) is 73.5 Å². The molecule has 1 heterocycles. The van der Waals surface area contributed by atoms with E-state index in [4.69, 9.17) is 12.2 Å². The largest absolute Gasteiger partial charge is 0.360 e. The third kappa shape index (κ3) is 4.30. The molecule has 118 valence electrons. The van der Waals surface area contributed by atoms with Crippen molar-refractivity contribution >= 4 is 38.9 Å². The van der Waals surface area contributed by atoms with Gasteiger partial charge in [0, 0.05) is 11.7 Å². The Hall–Kier alpha value is -1.40. The van der Waals surface area contributed by atoms with Crippen LogP contribution in [-0.4, -0.2) is 20.9 Å². The van der Waals surface area contributed by atoms with Crippen LogP contribution in [0.15, 0.2) is 28.7 Å². The molecule has 0 saturated heterocycles. The van der Waals surface area contributed by atoms with Crippen LogP contribution in [0.4, 0.5) is 5.69 Å². The molecule has 0 bridgehead atoms. The lowest BCUT2D eigenvalue weighted by atomic mass is 10.2. The highest BCUT2D eigenvalue weighted by Gasteiger charge is 2.09. The van der Waals surface area contributed by atoms with Crippen LogP contribution in [0.1, 0.15) is 30.8 Å². The number of aryl methyl sites for hydroxylation is 1. The second-order valence-electron chi connectivity index (χ2n) is 5.60. The van der Waals surface area contributed by atoms with Gasteiger partial charge in [-0.25, -0.2) is 0 Å². The Labute approximate surface area is 145 Å². The highest BCUT2D eigenvalue weighted by Crippen LogP contribution is 2.21. The van der Waals surface area contributed by atoms with Gasteiger partial charge in [0.15, 0.2) is 5.11 Å². The fourth-order valence-electron chi connectivity index (χ4n) is 2.18. The van der Waals surface area contributed by atoms with E-state index >= 15 is 0 Å². The number of hydrogen-bond donors (Lipinski definition) is 2. The lowest BCUT2D eigenvalue weighted by molar-refractivity contribution is 0.659. The predicted molar refractivity (Wildman–Crippen MR) is 99.4 cm³/mol. The van der Waals surface area contributed by atoms with Crippen molar-refractivity contribution < 1.29 is 0 Å². The molecule has 0 aliphatic rings. The topological polar surface area (TPSA) is 41.9 Å². The molecule has 0 fully saturated rings. The molecule has 1 aromatic carbocycles. The van der Waals surface area contributed by atoms with Crippen LogP contribution in [0.3, 0.4) is 0 Å². The van der Waals surface area contributed by atoms with Gasteiger partial charge < -0.3 is 10.6 Å². The first-order valence-electron chi connectivity index (χ1n) is 7.22. The maximum Gasteiger partial charge on any atom is 0.170 e. The van der Waals surface area contributed by atoms with Crippen molar-refractivity contribution in [3.8, 4) is 0 Å². The first-order valence-corrected chi connectivity index (χ1v) is 8.43. The Kier molecular flexibility index (Phi) is 5.58. The third-order valence-corrected chi connectivity index (χ3v) is 4.60. The highest BCUT2D eigenvalue weighted by molar-refractivity contribution is 9.10. The van der Waals surface area contributed by atoms with Gasteiger partial charge in [-0.15, -0.1) is 0 Å². The summed E-state index contributed by atoms with van der Waals surface area (Å²) in [6.45, 7) is 8.92. The molecule has 0 unspecified atom stereocenters. The first-order chi connectivity index (χ1) is 10.4. The summed E-state index contributed by atoms with van der Waals surface area (Å²) >= 11 is 8.84. The van der Waals surface area contributed by atoms with Crippen molar-refractivity contribution in [2.75, 3.05) is 5.32 Å². The average molecular weight is 381 g/mol. The minimum absolute atomic E-state index is 0.315. The number of anilines is 1. The smallest absolute Gasteiger partial charge is 0.170 e. The Morgan fingerprint density at radius 3 is 2.68 bits per heavy atom. The van der Waals surface area contributed by atoms with Crippen molar-refractivity contribution in [3.05, 3.63) is 45.7 Å². The minimum atomic E-state index is 0.315. The number of nitrogens with one attached hydrogen (secondary N) is 2. The molecule has 4 nitrogen and oxygen atoms in total. The molecular weight excluding hydrogens is 360 g/mol. The maximum absolute atomic E-state index is 5.28. The highest BCUT2D eigenvalue weighted by atomic mass is 79.9. The molecule has 2 N–H and O–H groups in total. The second-order valence-corrected chi connectivity index (χ2v) is 6.80. The first kappa shape index (κ1) is 17.0. The van der Waals surface area contributed by atoms with E-state index in [1.807, 2.05) is 23.7 Å². The van der Waals surface area contributed by atoms with Crippen LogP contribution in [0.5, 0.6) is 0 Å². The van der Waals surface area contributed by atoms with Crippen LogP contribution >= 0.6 is 28.1 Å². The SMILES string of the molecule is Cc1nn(Cc2cccc(NC(=S)NC(C)C)c2)c(C)c1Br. The van der Waals surface area contributed by atoms with Crippen LogP contribution < -0.4 is 10.6 Å². The number of hydrogen-bond acceptors (Lipinski definition) is 2. The Morgan fingerprint density at radius 1 is 1.36 bits per heavy atom. The number of aromatic nitrogens is 2. The Bertz CT molecular complexity index is 679. The fourth-order valence-corrected chi connectivity index (χ4v) is 2.82. The van der Waals surface area contributed by atoms with E-state index in [-0.39, 0.29) is 0 Å². The summed E-state index contributed by atoms with van der Waals surface area (Å²) in [7, 11) is 0. The molecule has 0 atom stereocenters. The number of benzene rings is 1. The lowest BCUT2D eigenvalue weighted by Crippen LogP contribution is -2.33. The van der Waals surface area contributed by atoms with Gasteiger partial charge in [0.25, 0.3) is 0 Å². The Balaban J connectivity index is 2.11. The molecule has 0 aliphatic carbocycles. The van der Waals surface area contributed by atoms with E-state index in [9.17, 15) is 0 Å². The van der Waals surface area contributed by atoms with Gasteiger partial charge in [-0.1, -0.05) is 12.1 Å². The molecule has 2 rings (SSSR count). The second kappa shape index (κ2) is 7.24. The lowest BCUT2D eigenvalue weighted by Gasteiger charge is -2.14. The average Bonchev–Trinajstić information content (AvgIpc) is 2.66. The molecular formula is C16H21BrN4S. The number of halogens is 1. The zero-order valence-corrected chi connectivity index (χ0v) is 15.7. The molecule has 1 aromatic heterocycles. The third-order valence-electron chi connectivity index (χ3n) is 3.23. The number of thiocarbonyl (C=S) groups is 1. The van der Waals surface area contributed by atoms with Crippen molar-refractivity contribution in [2.45, 2.75) is 40.3 Å². The molecule has 6 heteroatoms. The quantitative estimate of drug-likeness (QED) is 0.786. The summed E-state index contributed by atoms with van der Waals surface area (Å²) in [4.78, 5) is 0. The van der Waals surface area contributed by atoms with E-state index in [1.54, 1.807) is 0 Å². The summed E-state index contributed by atoms with van der Waals surface area (Å²) in [5, 5.41) is 11.6. The van der Waals surface area contributed by atoms with Crippen LogP contribution in [0.2, 0.25) is 0 Å². The standard InChI is InChI=1S/C16H21BrN4S/c1-10(2)18-16(22)19-14-7-5-6-13(8-14)9-21-12(4)15(17)11(3)20-21/h5-8,10H,9H2,1-4H3,(H2,18,19,22). The van der Waals surface area contributed by atoms with E-state index in [0.717, 1.165) is 28.1 Å². The summed E-state index contributed by atoms with van der Waals surface area (Å²) in [5.74, 6) is 0. The van der Waals surface area contributed by atoms with E-state index in [0.29, 0.717) is 11.2 Å². The van der Waals surface area contributed by atoms with Gasteiger partial charge in [0.05, 0.1) is 22.4 Å². The van der Waals surface area contributed by atoms with Crippen molar-refractivity contribution in [1.82, 2.24) is 15.1 Å². The van der Waals surface area contributed by atoms with Gasteiger partial charge >= 0.3 is 0 Å². The maximum atomic E-state index is 5.28. The summed E-state index contributed by atoms with van der Waals surface area (Å²) in [6.07, 6.45) is 0. The normalized spacial score (nSPS) is 10.8. The molecule has 0 saturated carbocycles. The zero-order chi connectivity index (χ0) is 16.3. The molecule has 22 heavy (non-hydrogen) atoms. The molecule has 0 radical (unpaired) electrons. The van der Waals surface area contributed by atoms with E-state index in [1.165, 1.54) is 5.56 Å². The molecule has 0 amide bonds. The van der Waals surface area contributed by atoms with E-state index in [2.05, 4.69) is 64.6 Å². The van der Waals surface area contributed by atoms with Gasteiger partial charge in [0.1, 0.15) is 0 Å². The zero-order valence-electron chi connectivity index (χ0n) is 13.3. The summed E-state index contributed by atoms with van der Waals surface area (Å²) in [5.41, 5.74) is 4.30.